The molecule has 3 rings (SSSR count). The maximum absolute atomic E-state index is 12.3. The summed E-state index contributed by atoms with van der Waals surface area (Å²) in [7, 11) is 3.98. The summed E-state index contributed by atoms with van der Waals surface area (Å²) >= 11 is 0. The molecular formula is C19H20N6O. The molecule has 0 radical (unpaired) electrons. The standard InChI is InChI=1S/C19H20N6O/c1-25(2)16-5-3-15(4-6-16)24-18-11-17(22-13-23-18)19(26)21-12-14-7-9-20-10-8-14/h3-11,13H,12H2,1-2H3,(H,21,26)(H,22,23,24). The Labute approximate surface area is 152 Å². The van der Waals surface area contributed by atoms with E-state index in [1.165, 1.54) is 6.33 Å². The summed E-state index contributed by atoms with van der Waals surface area (Å²) in [5, 5.41) is 6.02. The van der Waals surface area contributed by atoms with E-state index in [9.17, 15) is 4.79 Å². The van der Waals surface area contributed by atoms with Gasteiger partial charge in [-0.3, -0.25) is 9.78 Å². The third kappa shape index (κ3) is 4.54. The van der Waals surface area contributed by atoms with Crippen molar-refractivity contribution in [2.24, 2.45) is 0 Å². The van der Waals surface area contributed by atoms with Crippen molar-refractivity contribution >= 4 is 23.1 Å². The van der Waals surface area contributed by atoms with Gasteiger partial charge in [0.1, 0.15) is 17.8 Å². The summed E-state index contributed by atoms with van der Waals surface area (Å²) in [4.78, 5) is 26.5. The van der Waals surface area contributed by atoms with E-state index in [0.717, 1.165) is 16.9 Å². The SMILES string of the molecule is CN(C)c1ccc(Nc2cc(C(=O)NCc3ccncc3)ncn2)cc1. The second kappa shape index (κ2) is 8.06. The van der Waals surface area contributed by atoms with Crippen LogP contribution in [0.25, 0.3) is 0 Å². The highest BCUT2D eigenvalue weighted by Crippen LogP contribution is 2.19. The fraction of sp³-hybridized carbons (Fsp3) is 0.158. The van der Waals surface area contributed by atoms with Crippen LogP contribution in [0.15, 0.2) is 61.2 Å². The van der Waals surface area contributed by atoms with E-state index in [1.807, 2.05) is 55.4 Å². The smallest absolute Gasteiger partial charge is 0.270 e. The highest BCUT2D eigenvalue weighted by atomic mass is 16.1. The molecule has 26 heavy (non-hydrogen) atoms. The minimum absolute atomic E-state index is 0.254. The van der Waals surface area contributed by atoms with Crippen molar-refractivity contribution in [3.63, 3.8) is 0 Å². The lowest BCUT2D eigenvalue weighted by molar-refractivity contribution is 0.0946. The quantitative estimate of drug-likeness (QED) is 0.712. The summed E-state index contributed by atoms with van der Waals surface area (Å²) in [5.74, 6) is 0.307. The predicted molar refractivity (Wildman–Crippen MR) is 101 cm³/mol. The number of hydrogen-bond donors (Lipinski definition) is 2. The number of hydrogen-bond acceptors (Lipinski definition) is 6. The summed E-state index contributed by atoms with van der Waals surface area (Å²) in [5.41, 5.74) is 3.27. The molecule has 1 aromatic carbocycles. The van der Waals surface area contributed by atoms with Gasteiger partial charge in [-0.2, -0.15) is 0 Å². The van der Waals surface area contributed by atoms with Gasteiger partial charge in [-0.1, -0.05) is 0 Å². The van der Waals surface area contributed by atoms with Crippen LogP contribution >= 0.6 is 0 Å². The highest BCUT2D eigenvalue weighted by Gasteiger charge is 2.09. The number of rotatable bonds is 6. The average molecular weight is 348 g/mol. The minimum atomic E-state index is -0.254. The van der Waals surface area contributed by atoms with E-state index in [4.69, 9.17) is 0 Å². The maximum atomic E-state index is 12.3. The van der Waals surface area contributed by atoms with Gasteiger partial charge in [-0.25, -0.2) is 9.97 Å². The molecule has 0 saturated heterocycles. The van der Waals surface area contributed by atoms with Crippen LogP contribution in [0.5, 0.6) is 0 Å². The van der Waals surface area contributed by atoms with Gasteiger partial charge in [0.2, 0.25) is 0 Å². The number of aromatic nitrogens is 3. The molecule has 2 aromatic heterocycles. The molecule has 0 unspecified atom stereocenters. The van der Waals surface area contributed by atoms with Crippen LogP contribution in [0.4, 0.5) is 17.2 Å². The van der Waals surface area contributed by atoms with Gasteiger partial charge in [0.25, 0.3) is 5.91 Å². The van der Waals surface area contributed by atoms with Gasteiger partial charge >= 0.3 is 0 Å². The van der Waals surface area contributed by atoms with Crippen LogP contribution in [0.3, 0.4) is 0 Å². The van der Waals surface area contributed by atoms with Crippen LogP contribution in [-0.2, 0) is 6.54 Å². The normalized spacial score (nSPS) is 10.2. The van der Waals surface area contributed by atoms with Gasteiger partial charge in [0, 0.05) is 50.5 Å². The second-order valence-electron chi connectivity index (χ2n) is 5.89. The van der Waals surface area contributed by atoms with Crippen LogP contribution in [0.1, 0.15) is 16.1 Å². The molecule has 0 fully saturated rings. The molecule has 1 amide bonds. The first kappa shape index (κ1) is 17.3. The largest absolute Gasteiger partial charge is 0.378 e. The number of benzene rings is 1. The van der Waals surface area contributed by atoms with Gasteiger partial charge in [-0.05, 0) is 42.0 Å². The summed E-state index contributed by atoms with van der Waals surface area (Å²) in [6.45, 7) is 0.417. The van der Waals surface area contributed by atoms with E-state index < -0.39 is 0 Å². The van der Waals surface area contributed by atoms with E-state index >= 15 is 0 Å². The molecule has 0 aliphatic rings. The van der Waals surface area contributed by atoms with Crippen molar-refractivity contribution < 1.29 is 4.79 Å². The van der Waals surface area contributed by atoms with Crippen molar-refractivity contribution in [3.05, 3.63) is 72.4 Å². The highest BCUT2D eigenvalue weighted by molar-refractivity contribution is 5.92. The number of nitrogens with zero attached hydrogens (tertiary/aromatic N) is 4. The Hall–Kier alpha value is -3.48. The third-order valence-electron chi connectivity index (χ3n) is 3.76. The van der Waals surface area contributed by atoms with Gasteiger partial charge in [-0.15, -0.1) is 0 Å². The molecular weight excluding hydrogens is 328 g/mol. The Morgan fingerprint density at radius 2 is 1.77 bits per heavy atom. The number of nitrogens with one attached hydrogen (secondary N) is 2. The Morgan fingerprint density at radius 1 is 1.04 bits per heavy atom. The average Bonchev–Trinajstić information content (AvgIpc) is 2.67. The lowest BCUT2D eigenvalue weighted by atomic mass is 10.2. The maximum Gasteiger partial charge on any atom is 0.270 e. The van der Waals surface area contributed by atoms with E-state index in [1.54, 1.807) is 18.5 Å². The fourth-order valence-electron chi connectivity index (χ4n) is 2.31. The predicted octanol–water partition coefficient (Wildman–Crippen LogP) is 2.61. The summed E-state index contributed by atoms with van der Waals surface area (Å²) in [6.07, 6.45) is 4.75. The topological polar surface area (TPSA) is 83.0 Å². The molecule has 7 nitrogen and oxygen atoms in total. The molecule has 0 saturated carbocycles. The molecule has 2 N–H and O–H groups in total. The number of amides is 1. The zero-order valence-electron chi connectivity index (χ0n) is 14.7. The molecule has 0 aliphatic heterocycles. The lowest BCUT2D eigenvalue weighted by Crippen LogP contribution is -2.24. The van der Waals surface area contributed by atoms with Crippen LogP contribution < -0.4 is 15.5 Å². The molecule has 0 bridgehead atoms. The minimum Gasteiger partial charge on any atom is -0.378 e. The summed E-state index contributed by atoms with van der Waals surface area (Å²) < 4.78 is 0. The molecule has 0 atom stereocenters. The second-order valence-corrected chi connectivity index (χ2v) is 5.89. The van der Waals surface area contributed by atoms with Gasteiger partial charge in [0.05, 0.1) is 0 Å². The Morgan fingerprint density at radius 3 is 2.46 bits per heavy atom. The van der Waals surface area contributed by atoms with Gasteiger partial charge in [0.15, 0.2) is 0 Å². The number of pyridine rings is 1. The number of carbonyl (C=O) groups is 1. The molecule has 132 valence electrons. The van der Waals surface area contributed by atoms with E-state index in [2.05, 4.69) is 25.6 Å². The molecule has 0 aliphatic carbocycles. The van der Waals surface area contributed by atoms with Crippen molar-refractivity contribution in [2.45, 2.75) is 6.54 Å². The monoisotopic (exact) mass is 348 g/mol. The summed E-state index contributed by atoms with van der Waals surface area (Å²) in [6, 6.07) is 13.3. The zero-order valence-corrected chi connectivity index (χ0v) is 14.7. The van der Waals surface area contributed by atoms with Crippen LogP contribution in [0.2, 0.25) is 0 Å². The zero-order chi connectivity index (χ0) is 18.4. The van der Waals surface area contributed by atoms with Crippen molar-refractivity contribution in [3.8, 4) is 0 Å². The molecule has 2 heterocycles. The van der Waals surface area contributed by atoms with Crippen LogP contribution in [-0.4, -0.2) is 35.0 Å². The van der Waals surface area contributed by atoms with Crippen LogP contribution in [0, 0.1) is 0 Å². The molecule has 0 spiro atoms. The number of anilines is 3. The third-order valence-corrected chi connectivity index (χ3v) is 3.76. The first-order chi connectivity index (χ1) is 12.6. The van der Waals surface area contributed by atoms with Crippen molar-refractivity contribution in [1.82, 2.24) is 20.3 Å². The molecule has 7 heteroatoms. The van der Waals surface area contributed by atoms with Gasteiger partial charge < -0.3 is 15.5 Å². The van der Waals surface area contributed by atoms with Crippen molar-refractivity contribution in [2.75, 3.05) is 24.3 Å². The number of carbonyl (C=O) groups excluding carboxylic acids is 1. The van der Waals surface area contributed by atoms with E-state index in [0.29, 0.717) is 18.1 Å². The van der Waals surface area contributed by atoms with Crippen molar-refractivity contribution in [1.29, 1.82) is 0 Å². The lowest BCUT2D eigenvalue weighted by Gasteiger charge is -2.13. The first-order valence-electron chi connectivity index (χ1n) is 8.15. The molecule has 3 aromatic rings. The Kier molecular flexibility index (Phi) is 5.38. The Bertz CT molecular complexity index is 865. The fourth-order valence-corrected chi connectivity index (χ4v) is 2.31. The first-order valence-corrected chi connectivity index (χ1v) is 8.15. The Balaban J connectivity index is 1.64. The van der Waals surface area contributed by atoms with E-state index in [-0.39, 0.29) is 5.91 Å².